The van der Waals surface area contributed by atoms with Crippen LogP contribution in [0.4, 0.5) is 5.82 Å². The van der Waals surface area contributed by atoms with E-state index in [2.05, 4.69) is 42.1 Å². The van der Waals surface area contributed by atoms with Gasteiger partial charge in [0.15, 0.2) is 0 Å². The summed E-state index contributed by atoms with van der Waals surface area (Å²) in [5.74, 6) is 1.84. The zero-order chi connectivity index (χ0) is 14.5. The van der Waals surface area contributed by atoms with Crippen molar-refractivity contribution in [2.45, 2.75) is 34.1 Å². The van der Waals surface area contributed by atoms with E-state index in [1.807, 2.05) is 6.92 Å². The largest absolute Gasteiger partial charge is 0.364 e. The van der Waals surface area contributed by atoms with Gasteiger partial charge >= 0.3 is 0 Å². The average molecular weight is 293 g/mol. The highest BCUT2D eigenvalue weighted by molar-refractivity contribution is 7.18. The molecule has 20 heavy (non-hydrogen) atoms. The van der Waals surface area contributed by atoms with Crippen molar-refractivity contribution in [2.24, 2.45) is 0 Å². The van der Waals surface area contributed by atoms with Gasteiger partial charge in [0.25, 0.3) is 0 Å². The van der Waals surface area contributed by atoms with Crippen LogP contribution in [-0.2, 0) is 6.42 Å². The van der Waals surface area contributed by atoms with E-state index in [0.29, 0.717) is 0 Å². The summed E-state index contributed by atoms with van der Waals surface area (Å²) in [7, 11) is 0. The molecule has 0 amide bonds. The minimum atomic E-state index is 0.847. The van der Waals surface area contributed by atoms with Crippen molar-refractivity contribution in [1.82, 2.24) is 9.97 Å². The lowest BCUT2D eigenvalue weighted by Crippen LogP contribution is -3.12. The summed E-state index contributed by atoms with van der Waals surface area (Å²) in [4.78, 5) is 13.2. The fourth-order valence-electron chi connectivity index (χ4n) is 2.35. The molecule has 0 atom stereocenters. The highest BCUT2D eigenvalue weighted by Gasteiger charge is 2.10. The molecule has 2 aromatic rings. The van der Waals surface area contributed by atoms with Crippen LogP contribution in [0.3, 0.4) is 0 Å². The van der Waals surface area contributed by atoms with Crippen LogP contribution in [0.1, 0.15) is 31.5 Å². The molecule has 0 aliphatic heterocycles. The first kappa shape index (κ1) is 15.2. The summed E-state index contributed by atoms with van der Waals surface area (Å²) >= 11 is 1.78. The number of nitrogens with one attached hydrogen (secondary N) is 2. The zero-order valence-corrected chi connectivity index (χ0v) is 13.7. The first-order valence-corrected chi connectivity index (χ1v) is 8.34. The minimum absolute atomic E-state index is 0.847. The van der Waals surface area contributed by atoms with Crippen LogP contribution in [0.25, 0.3) is 10.2 Å². The van der Waals surface area contributed by atoms with E-state index in [4.69, 9.17) is 0 Å². The number of quaternary nitrogens is 1. The summed E-state index contributed by atoms with van der Waals surface area (Å²) < 4.78 is 0. The molecule has 0 bridgehead atoms. The van der Waals surface area contributed by atoms with Gasteiger partial charge < -0.3 is 10.2 Å². The van der Waals surface area contributed by atoms with E-state index >= 15 is 0 Å². The lowest BCUT2D eigenvalue weighted by molar-refractivity contribution is -0.894. The number of fused-ring (bicyclic) bond motifs is 1. The molecule has 0 spiro atoms. The molecule has 2 N–H and O–H groups in total. The van der Waals surface area contributed by atoms with Crippen molar-refractivity contribution in [1.29, 1.82) is 0 Å². The van der Waals surface area contributed by atoms with E-state index in [9.17, 15) is 0 Å². The van der Waals surface area contributed by atoms with Crippen molar-refractivity contribution in [3.8, 4) is 0 Å². The molecular formula is C15H25N4S+. The topological polar surface area (TPSA) is 42.2 Å². The summed E-state index contributed by atoms with van der Waals surface area (Å²) in [6.07, 6.45) is 1.06. The van der Waals surface area contributed by atoms with Crippen molar-refractivity contribution in [3.05, 3.63) is 16.8 Å². The van der Waals surface area contributed by atoms with Gasteiger partial charge in [0.1, 0.15) is 16.5 Å². The molecule has 2 heterocycles. The fraction of sp³-hybridized carbons (Fsp3) is 0.600. The van der Waals surface area contributed by atoms with Gasteiger partial charge in [-0.05, 0) is 33.3 Å². The molecule has 0 saturated carbocycles. The van der Waals surface area contributed by atoms with Gasteiger partial charge in [0, 0.05) is 4.88 Å². The molecular weight excluding hydrogens is 268 g/mol. The Bertz CT molecular complexity index is 560. The van der Waals surface area contributed by atoms with E-state index < -0.39 is 0 Å². The van der Waals surface area contributed by atoms with Gasteiger partial charge in [0.05, 0.1) is 31.6 Å². The summed E-state index contributed by atoms with van der Waals surface area (Å²) in [5.41, 5.74) is 0. The average Bonchev–Trinajstić information content (AvgIpc) is 2.86. The van der Waals surface area contributed by atoms with E-state index in [1.54, 1.807) is 16.2 Å². The number of rotatable bonds is 7. The molecule has 110 valence electrons. The van der Waals surface area contributed by atoms with Gasteiger partial charge in [-0.1, -0.05) is 6.92 Å². The fourth-order valence-corrected chi connectivity index (χ4v) is 3.36. The summed E-state index contributed by atoms with van der Waals surface area (Å²) in [6, 6.07) is 2.23. The third-order valence-corrected chi connectivity index (χ3v) is 4.85. The predicted octanol–water partition coefficient (Wildman–Crippen LogP) is 1.90. The number of anilines is 1. The Labute approximate surface area is 125 Å². The van der Waals surface area contributed by atoms with Crippen molar-refractivity contribution in [2.75, 3.05) is 31.5 Å². The number of thiophene rings is 1. The van der Waals surface area contributed by atoms with Crippen molar-refractivity contribution >= 4 is 27.4 Å². The Morgan fingerprint density at radius 1 is 1.20 bits per heavy atom. The van der Waals surface area contributed by atoms with Gasteiger partial charge in [-0.15, -0.1) is 11.3 Å². The van der Waals surface area contributed by atoms with Crippen LogP contribution in [0, 0.1) is 6.92 Å². The normalized spacial score (nSPS) is 11.4. The monoisotopic (exact) mass is 293 g/mol. The molecule has 5 heteroatoms. The van der Waals surface area contributed by atoms with Crippen molar-refractivity contribution < 1.29 is 4.90 Å². The molecule has 0 aliphatic carbocycles. The van der Waals surface area contributed by atoms with Gasteiger partial charge in [-0.3, -0.25) is 0 Å². The number of nitrogens with zero attached hydrogens (tertiary/aromatic N) is 2. The smallest absolute Gasteiger partial charge is 0.138 e. The number of hydrogen-bond donors (Lipinski definition) is 2. The Hall–Kier alpha value is -1.20. The van der Waals surface area contributed by atoms with E-state index in [0.717, 1.165) is 36.0 Å². The first-order chi connectivity index (χ1) is 9.67. The number of aryl methyl sites for hydroxylation is 2. The molecule has 0 fully saturated rings. The van der Waals surface area contributed by atoms with Crippen molar-refractivity contribution in [3.63, 3.8) is 0 Å². The standard InChI is InChI=1S/C15H24N4S/c1-5-12-10-13-14(16-8-9-19(6-2)7-3)17-11(4)18-15(13)20-12/h10H,5-9H2,1-4H3,(H,16,17,18)/p+1. The molecule has 2 aromatic heterocycles. The van der Waals surface area contributed by atoms with Gasteiger partial charge in [-0.25, -0.2) is 9.97 Å². The molecule has 0 unspecified atom stereocenters. The number of likely N-dealkylation sites (N-methyl/N-ethyl adjacent to an activating group) is 1. The lowest BCUT2D eigenvalue weighted by atomic mass is 10.3. The number of aromatic nitrogens is 2. The van der Waals surface area contributed by atoms with Crippen LogP contribution < -0.4 is 10.2 Å². The zero-order valence-electron chi connectivity index (χ0n) is 12.9. The maximum Gasteiger partial charge on any atom is 0.138 e. The highest BCUT2D eigenvalue weighted by Crippen LogP contribution is 2.29. The second-order valence-corrected chi connectivity index (χ2v) is 6.15. The van der Waals surface area contributed by atoms with Gasteiger partial charge in [0.2, 0.25) is 0 Å². The Kier molecular flexibility index (Phi) is 5.31. The molecule has 4 nitrogen and oxygen atoms in total. The Balaban J connectivity index is 2.14. The maximum absolute atomic E-state index is 4.57. The van der Waals surface area contributed by atoms with E-state index in [1.165, 1.54) is 23.4 Å². The third-order valence-electron chi connectivity index (χ3n) is 3.68. The van der Waals surface area contributed by atoms with Crippen LogP contribution in [-0.4, -0.2) is 36.1 Å². The SMILES string of the molecule is CCc1cc2c(NCC[NH+](CC)CC)nc(C)nc2s1. The minimum Gasteiger partial charge on any atom is -0.364 e. The molecule has 0 radical (unpaired) electrons. The molecule has 0 aliphatic rings. The maximum atomic E-state index is 4.57. The summed E-state index contributed by atoms with van der Waals surface area (Å²) in [6.45, 7) is 13.1. The third kappa shape index (κ3) is 3.46. The lowest BCUT2D eigenvalue weighted by Gasteiger charge is -2.16. The van der Waals surface area contributed by atoms with Crippen LogP contribution in [0.2, 0.25) is 0 Å². The van der Waals surface area contributed by atoms with Gasteiger partial charge in [-0.2, -0.15) is 0 Å². The summed E-state index contributed by atoms with van der Waals surface area (Å²) in [5, 5.41) is 4.67. The van der Waals surface area contributed by atoms with Crippen LogP contribution in [0.15, 0.2) is 6.07 Å². The van der Waals surface area contributed by atoms with Crippen LogP contribution in [0.5, 0.6) is 0 Å². The van der Waals surface area contributed by atoms with E-state index in [-0.39, 0.29) is 0 Å². The van der Waals surface area contributed by atoms with Crippen LogP contribution >= 0.6 is 11.3 Å². The molecule has 2 rings (SSSR count). The predicted molar refractivity (Wildman–Crippen MR) is 86.9 cm³/mol. The second-order valence-electron chi connectivity index (χ2n) is 5.04. The second kappa shape index (κ2) is 6.99. The quantitative estimate of drug-likeness (QED) is 0.819. The first-order valence-electron chi connectivity index (χ1n) is 7.52. The Morgan fingerprint density at radius 3 is 2.60 bits per heavy atom. The Morgan fingerprint density at radius 2 is 1.95 bits per heavy atom. The number of hydrogen-bond acceptors (Lipinski definition) is 4. The molecule has 0 saturated heterocycles. The molecule has 0 aromatic carbocycles. The highest BCUT2D eigenvalue weighted by atomic mass is 32.1.